The number of nitrogens with two attached hydrogens (primary N) is 1. The van der Waals surface area contributed by atoms with E-state index in [1.165, 1.54) is 0 Å². The molecule has 2 rings (SSSR count). The lowest BCUT2D eigenvalue weighted by atomic mass is 10.1. The lowest BCUT2D eigenvalue weighted by Crippen LogP contribution is -2.11. The summed E-state index contributed by atoms with van der Waals surface area (Å²) in [6.45, 7) is 0.539. The van der Waals surface area contributed by atoms with Crippen molar-refractivity contribution in [3.63, 3.8) is 0 Å². The zero-order valence-electron chi connectivity index (χ0n) is 11.1. The second-order valence-electron chi connectivity index (χ2n) is 4.25. The van der Waals surface area contributed by atoms with Crippen LogP contribution in [0.1, 0.15) is 5.56 Å². The van der Waals surface area contributed by atoms with Crippen LogP contribution in [-0.4, -0.2) is 14.2 Å². The molecule has 2 aromatic rings. The summed E-state index contributed by atoms with van der Waals surface area (Å²) in [6.07, 6.45) is 0. The first-order valence-corrected chi connectivity index (χ1v) is 6.81. The van der Waals surface area contributed by atoms with Crippen LogP contribution in [0.25, 0.3) is 0 Å². The normalized spacial score (nSPS) is 10.3. The molecule has 0 radical (unpaired) electrons. The topological polar surface area (TPSA) is 38.5 Å². The third-order valence-electron chi connectivity index (χ3n) is 3.04. The van der Waals surface area contributed by atoms with Gasteiger partial charge >= 0.3 is 0 Å². The van der Waals surface area contributed by atoms with Crippen LogP contribution >= 0.6 is 15.9 Å². The Morgan fingerprint density at radius 2 is 2.00 bits per heavy atom. The van der Waals surface area contributed by atoms with E-state index in [9.17, 15) is 0 Å². The number of ether oxygens (including phenoxy) is 1. The molecular weight excluding hydrogens is 304 g/mol. The Morgan fingerprint density at radius 1 is 1.21 bits per heavy atom. The monoisotopic (exact) mass is 320 g/mol. The molecular formula is C15H17BrN2O. The van der Waals surface area contributed by atoms with Crippen LogP contribution in [0, 0.1) is 0 Å². The summed E-state index contributed by atoms with van der Waals surface area (Å²) in [5, 5.41) is 0. The van der Waals surface area contributed by atoms with Gasteiger partial charge in [-0.2, -0.15) is 0 Å². The molecule has 0 aliphatic heterocycles. The quantitative estimate of drug-likeness (QED) is 0.933. The van der Waals surface area contributed by atoms with Crippen molar-refractivity contribution >= 4 is 27.3 Å². The Balaban J connectivity index is 2.42. The SMILES string of the molecule is COc1ccc(Br)cc1N(C)c1cccc(CN)c1. The first kappa shape index (κ1) is 13.9. The smallest absolute Gasteiger partial charge is 0.142 e. The number of anilines is 2. The molecule has 0 amide bonds. The second-order valence-corrected chi connectivity index (χ2v) is 5.16. The molecule has 0 atom stereocenters. The van der Waals surface area contributed by atoms with Gasteiger partial charge < -0.3 is 15.4 Å². The van der Waals surface area contributed by atoms with Gasteiger partial charge in [0.2, 0.25) is 0 Å². The largest absolute Gasteiger partial charge is 0.495 e. The van der Waals surface area contributed by atoms with Gasteiger partial charge in [0.05, 0.1) is 12.8 Å². The fourth-order valence-corrected chi connectivity index (χ4v) is 2.31. The molecule has 0 bridgehead atoms. The minimum atomic E-state index is 0.539. The highest BCUT2D eigenvalue weighted by molar-refractivity contribution is 9.10. The Hall–Kier alpha value is -1.52. The number of hydrogen-bond donors (Lipinski definition) is 1. The minimum absolute atomic E-state index is 0.539. The zero-order chi connectivity index (χ0) is 13.8. The van der Waals surface area contributed by atoms with E-state index in [1.807, 2.05) is 37.4 Å². The Bertz CT molecular complexity index is 572. The standard InChI is InChI=1S/C15H17BrN2O/c1-18(13-5-3-4-11(8-13)10-17)14-9-12(16)6-7-15(14)19-2/h3-9H,10,17H2,1-2H3. The van der Waals surface area contributed by atoms with E-state index in [4.69, 9.17) is 10.5 Å². The molecule has 19 heavy (non-hydrogen) atoms. The molecule has 0 aromatic heterocycles. The molecule has 0 heterocycles. The molecule has 0 unspecified atom stereocenters. The highest BCUT2D eigenvalue weighted by Crippen LogP contribution is 2.34. The molecule has 2 aromatic carbocycles. The third-order valence-corrected chi connectivity index (χ3v) is 3.53. The lowest BCUT2D eigenvalue weighted by Gasteiger charge is -2.22. The maximum atomic E-state index is 5.69. The average molecular weight is 321 g/mol. The van der Waals surface area contributed by atoms with Gasteiger partial charge in [-0.1, -0.05) is 28.1 Å². The number of hydrogen-bond acceptors (Lipinski definition) is 3. The average Bonchev–Trinajstić information content (AvgIpc) is 2.46. The summed E-state index contributed by atoms with van der Waals surface area (Å²) >= 11 is 3.49. The molecule has 0 spiro atoms. The number of benzene rings is 2. The molecule has 100 valence electrons. The molecule has 2 N–H and O–H groups in total. The first-order valence-electron chi connectivity index (χ1n) is 6.02. The van der Waals surface area contributed by atoms with Gasteiger partial charge in [-0.25, -0.2) is 0 Å². The van der Waals surface area contributed by atoms with Crippen LogP contribution in [0.4, 0.5) is 11.4 Å². The second kappa shape index (κ2) is 6.08. The van der Waals surface area contributed by atoms with Gasteiger partial charge in [0.15, 0.2) is 0 Å². The van der Waals surface area contributed by atoms with Gasteiger partial charge in [-0.15, -0.1) is 0 Å². The van der Waals surface area contributed by atoms with Crippen LogP contribution in [-0.2, 0) is 6.54 Å². The number of rotatable bonds is 4. The van der Waals surface area contributed by atoms with E-state index in [0.717, 1.165) is 27.2 Å². The van der Waals surface area contributed by atoms with E-state index in [-0.39, 0.29) is 0 Å². The van der Waals surface area contributed by atoms with Crippen LogP contribution in [0.5, 0.6) is 5.75 Å². The predicted molar refractivity (Wildman–Crippen MR) is 83.1 cm³/mol. The number of halogens is 1. The maximum Gasteiger partial charge on any atom is 0.142 e. The van der Waals surface area contributed by atoms with E-state index in [1.54, 1.807) is 7.11 Å². The molecule has 0 fully saturated rings. The Labute approximate surface area is 122 Å². The lowest BCUT2D eigenvalue weighted by molar-refractivity contribution is 0.415. The Kier molecular flexibility index (Phi) is 4.45. The van der Waals surface area contributed by atoms with Gasteiger partial charge in [0, 0.05) is 23.8 Å². The summed E-state index contributed by atoms with van der Waals surface area (Å²) < 4.78 is 6.43. The van der Waals surface area contributed by atoms with Crippen molar-refractivity contribution in [1.29, 1.82) is 0 Å². The molecule has 0 saturated carbocycles. The van der Waals surface area contributed by atoms with E-state index in [2.05, 4.69) is 33.0 Å². The molecule has 4 heteroatoms. The summed E-state index contributed by atoms with van der Waals surface area (Å²) in [6, 6.07) is 14.1. The maximum absolute atomic E-state index is 5.69. The van der Waals surface area contributed by atoms with Crippen molar-refractivity contribution in [3.05, 3.63) is 52.5 Å². The highest BCUT2D eigenvalue weighted by Gasteiger charge is 2.10. The molecule has 0 saturated heterocycles. The summed E-state index contributed by atoms with van der Waals surface area (Å²) in [5.41, 5.74) is 8.88. The number of nitrogens with zero attached hydrogens (tertiary/aromatic N) is 1. The van der Waals surface area contributed by atoms with Gasteiger partial charge in [-0.05, 0) is 35.9 Å². The van der Waals surface area contributed by atoms with E-state index in [0.29, 0.717) is 6.54 Å². The third kappa shape index (κ3) is 3.08. The number of methoxy groups -OCH3 is 1. The zero-order valence-corrected chi connectivity index (χ0v) is 12.6. The molecule has 3 nitrogen and oxygen atoms in total. The molecule has 0 aliphatic carbocycles. The van der Waals surface area contributed by atoms with E-state index >= 15 is 0 Å². The van der Waals surface area contributed by atoms with Crippen molar-refractivity contribution in [2.45, 2.75) is 6.54 Å². The first-order chi connectivity index (χ1) is 9.15. The summed E-state index contributed by atoms with van der Waals surface area (Å²) in [7, 11) is 3.69. The van der Waals surface area contributed by atoms with Crippen LogP contribution in [0.2, 0.25) is 0 Å². The van der Waals surface area contributed by atoms with Crippen molar-refractivity contribution in [1.82, 2.24) is 0 Å². The molecule has 0 aliphatic rings. The summed E-state index contributed by atoms with van der Waals surface area (Å²) in [5.74, 6) is 0.837. The van der Waals surface area contributed by atoms with Crippen LogP contribution in [0.3, 0.4) is 0 Å². The Morgan fingerprint density at radius 3 is 2.68 bits per heavy atom. The van der Waals surface area contributed by atoms with Gasteiger partial charge in [-0.3, -0.25) is 0 Å². The van der Waals surface area contributed by atoms with E-state index < -0.39 is 0 Å². The fraction of sp³-hybridized carbons (Fsp3) is 0.200. The van der Waals surface area contributed by atoms with Crippen molar-refractivity contribution in [3.8, 4) is 5.75 Å². The minimum Gasteiger partial charge on any atom is -0.495 e. The van der Waals surface area contributed by atoms with Crippen LogP contribution in [0.15, 0.2) is 46.9 Å². The van der Waals surface area contributed by atoms with Crippen molar-refractivity contribution in [2.24, 2.45) is 5.73 Å². The summed E-state index contributed by atoms with van der Waals surface area (Å²) in [4.78, 5) is 2.09. The van der Waals surface area contributed by atoms with Crippen LogP contribution < -0.4 is 15.4 Å². The fourth-order valence-electron chi connectivity index (χ4n) is 1.96. The highest BCUT2D eigenvalue weighted by atomic mass is 79.9. The predicted octanol–water partition coefficient (Wildman–Crippen LogP) is 3.68. The van der Waals surface area contributed by atoms with Gasteiger partial charge in [0.1, 0.15) is 5.75 Å². The van der Waals surface area contributed by atoms with Crippen molar-refractivity contribution in [2.75, 3.05) is 19.1 Å². The van der Waals surface area contributed by atoms with Crippen molar-refractivity contribution < 1.29 is 4.74 Å². The van der Waals surface area contributed by atoms with Gasteiger partial charge in [0.25, 0.3) is 0 Å².